The van der Waals surface area contributed by atoms with Crippen LogP contribution in [0.4, 0.5) is 0 Å². The highest BCUT2D eigenvalue weighted by Gasteiger charge is 2.52. The molecule has 4 heterocycles. The van der Waals surface area contributed by atoms with Crippen molar-refractivity contribution >= 4 is 40.2 Å². The summed E-state index contributed by atoms with van der Waals surface area (Å²) in [5.74, 6) is 0. The molecular weight excluding hydrogens is 409 g/mol. The Labute approximate surface area is 193 Å². The van der Waals surface area contributed by atoms with Gasteiger partial charge in [-0.15, -0.1) is 0 Å². The van der Waals surface area contributed by atoms with Crippen LogP contribution in [0.1, 0.15) is 33.3 Å². The lowest BCUT2D eigenvalue weighted by Gasteiger charge is -2.32. The van der Waals surface area contributed by atoms with E-state index in [1.807, 2.05) is 24.4 Å². The highest BCUT2D eigenvalue weighted by Crippen LogP contribution is 2.37. The van der Waals surface area contributed by atoms with E-state index >= 15 is 0 Å². The molecule has 3 aromatic heterocycles. The fourth-order valence-corrected chi connectivity index (χ4v) is 4.61. The van der Waals surface area contributed by atoms with Gasteiger partial charge in [0, 0.05) is 22.5 Å². The molecule has 1 fully saturated rings. The third-order valence-electron chi connectivity index (χ3n) is 7.21. The van der Waals surface area contributed by atoms with Crippen LogP contribution in [0.3, 0.4) is 0 Å². The number of rotatable bonds is 2. The number of aryl methyl sites for hydroxylation is 1. The summed E-state index contributed by atoms with van der Waals surface area (Å²) in [7, 11) is -0.380. The van der Waals surface area contributed by atoms with Crippen molar-refractivity contribution in [2.45, 2.75) is 45.8 Å². The Bertz CT molecular complexity index is 1540. The monoisotopic (exact) mass is 435 g/mol. The van der Waals surface area contributed by atoms with E-state index in [4.69, 9.17) is 19.3 Å². The molecule has 1 aliphatic rings. The van der Waals surface area contributed by atoms with Gasteiger partial charge in [-0.3, -0.25) is 4.40 Å². The van der Waals surface area contributed by atoms with E-state index in [1.54, 1.807) is 0 Å². The normalized spacial score (nSPS) is 17.4. The van der Waals surface area contributed by atoms with Crippen LogP contribution in [-0.4, -0.2) is 32.7 Å². The van der Waals surface area contributed by atoms with Gasteiger partial charge in [0.15, 0.2) is 5.65 Å². The van der Waals surface area contributed by atoms with Crippen molar-refractivity contribution in [2.24, 2.45) is 0 Å². The predicted octanol–water partition coefficient (Wildman–Crippen LogP) is 5.31. The van der Waals surface area contributed by atoms with Gasteiger partial charge in [-0.2, -0.15) is 0 Å². The number of benzene rings is 2. The zero-order valence-corrected chi connectivity index (χ0v) is 19.6. The second-order valence-electron chi connectivity index (χ2n) is 9.88. The fourth-order valence-electron chi connectivity index (χ4n) is 4.61. The van der Waals surface area contributed by atoms with Gasteiger partial charge in [0.2, 0.25) is 0 Å². The van der Waals surface area contributed by atoms with Gasteiger partial charge in [-0.05, 0) is 52.2 Å². The molecule has 0 N–H and O–H groups in total. The number of hydrogen-bond donors (Lipinski definition) is 0. The lowest BCUT2D eigenvalue weighted by Crippen LogP contribution is -2.41. The second-order valence-corrected chi connectivity index (χ2v) is 9.88. The highest BCUT2D eigenvalue weighted by atomic mass is 16.7. The molecule has 0 amide bonds. The largest absolute Gasteiger partial charge is 0.495 e. The van der Waals surface area contributed by atoms with Gasteiger partial charge in [-0.25, -0.2) is 9.97 Å². The quantitative estimate of drug-likeness (QED) is 0.353. The summed E-state index contributed by atoms with van der Waals surface area (Å²) >= 11 is 0. The van der Waals surface area contributed by atoms with Gasteiger partial charge < -0.3 is 9.31 Å². The van der Waals surface area contributed by atoms with Gasteiger partial charge >= 0.3 is 7.12 Å². The van der Waals surface area contributed by atoms with E-state index in [1.165, 1.54) is 0 Å². The lowest BCUT2D eigenvalue weighted by molar-refractivity contribution is 0.00578. The molecular formula is C27H26BN3O2. The Balaban J connectivity index is 1.52. The topological polar surface area (TPSA) is 48.7 Å². The van der Waals surface area contributed by atoms with Crippen molar-refractivity contribution in [3.8, 4) is 11.3 Å². The van der Waals surface area contributed by atoms with Crippen LogP contribution < -0.4 is 5.46 Å². The molecule has 0 bridgehead atoms. The van der Waals surface area contributed by atoms with Crippen molar-refractivity contribution in [1.29, 1.82) is 0 Å². The summed E-state index contributed by atoms with van der Waals surface area (Å²) in [4.78, 5) is 9.97. The number of nitrogens with zero attached hydrogens (tertiary/aromatic N) is 3. The van der Waals surface area contributed by atoms with Crippen LogP contribution in [0.15, 0.2) is 66.9 Å². The average molecular weight is 435 g/mol. The molecule has 0 radical (unpaired) electrons. The first-order chi connectivity index (χ1) is 15.7. The van der Waals surface area contributed by atoms with E-state index in [0.29, 0.717) is 0 Å². The van der Waals surface area contributed by atoms with Crippen LogP contribution in [0.25, 0.3) is 38.8 Å². The van der Waals surface area contributed by atoms with E-state index in [-0.39, 0.29) is 18.3 Å². The van der Waals surface area contributed by atoms with E-state index in [2.05, 4.69) is 81.5 Å². The van der Waals surface area contributed by atoms with Crippen LogP contribution in [0.5, 0.6) is 0 Å². The molecule has 5 aromatic rings. The molecule has 1 aliphatic heterocycles. The van der Waals surface area contributed by atoms with E-state index < -0.39 is 0 Å². The maximum atomic E-state index is 6.29. The van der Waals surface area contributed by atoms with Gasteiger partial charge in [-0.1, -0.05) is 54.1 Å². The van der Waals surface area contributed by atoms with Crippen molar-refractivity contribution < 1.29 is 9.31 Å². The first-order valence-electron chi connectivity index (χ1n) is 11.4. The Morgan fingerprint density at radius 2 is 1.52 bits per heavy atom. The van der Waals surface area contributed by atoms with Crippen molar-refractivity contribution in [3.05, 3.63) is 72.4 Å². The van der Waals surface area contributed by atoms with Crippen molar-refractivity contribution in [1.82, 2.24) is 14.4 Å². The third kappa shape index (κ3) is 3.01. The lowest BCUT2D eigenvalue weighted by atomic mass is 9.75. The van der Waals surface area contributed by atoms with Crippen LogP contribution in [0, 0.1) is 6.92 Å². The van der Waals surface area contributed by atoms with Gasteiger partial charge in [0.1, 0.15) is 11.2 Å². The minimum atomic E-state index is -0.380. The van der Waals surface area contributed by atoms with Gasteiger partial charge in [0.25, 0.3) is 0 Å². The fraction of sp³-hybridized carbons (Fsp3) is 0.259. The summed E-state index contributed by atoms with van der Waals surface area (Å²) in [6.45, 7) is 10.4. The molecule has 33 heavy (non-hydrogen) atoms. The van der Waals surface area contributed by atoms with Crippen molar-refractivity contribution in [3.63, 3.8) is 0 Å². The Kier molecular flexibility index (Phi) is 4.26. The number of hydrogen-bond acceptors (Lipinski definition) is 4. The maximum absolute atomic E-state index is 6.29. The average Bonchev–Trinajstić information content (AvgIpc) is 3.26. The van der Waals surface area contributed by atoms with Crippen molar-refractivity contribution in [2.75, 3.05) is 0 Å². The smallest absolute Gasteiger partial charge is 0.399 e. The summed E-state index contributed by atoms with van der Waals surface area (Å²) in [5.41, 5.74) is 6.15. The molecule has 2 aromatic carbocycles. The third-order valence-corrected chi connectivity index (χ3v) is 7.21. The first-order valence-corrected chi connectivity index (χ1v) is 11.4. The molecule has 0 spiro atoms. The first kappa shape index (κ1) is 20.4. The molecule has 164 valence electrons. The molecule has 5 nitrogen and oxygen atoms in total. The second kappa shape index (κ2) is 6.89. The van der Waals surface area contributed by atoms with E-state index in [9.17, 15) is 0 Å². The van der Waals surface area contributed by atoms with Crippen LogP contribution in [-0.2, 0) is 9.31 Å². The standard InChI is InChI=1S/C27H26BN3O2/c1-17-16-18(13-14-21(17)28-32-26(2,3)27(4,5)33-28)23-19-10-6-7-11-20(19)24-25(30-23)31-15-9-8-12-22(31)29-24/h6-16H,1-5H3. The molecule has 1 saturated heterocycles. The molecule has 6 rings (SSSR count). The Morgan fingerprint density at radius 3 is 2.24 bits per heavy atom. The van der Waals surface area contributed by atoms with Gasteiger partial charge in [0.05, 0.1) is 16.9 Å². The minimum Gasteiger partial charge on any atom is -0.399 e. The van der Waals surface area contributed by atoms with Crippen LogP contribution in [0.2, 0.25) is 0 Å². The number of aromatic nitrogens is 3. The highest BCUT2D eigenvalue weighted by molar-refractivity contribution is 6.62. The molecule has 6 heteroatoms. The summed E-state index contributed by atoms with van der Waals surface area (Å²) in [6.07, 6.45) is 2.02. The maximum Gasteiger partial charge on any atom is 0.495 e. The minimum absolute atomic E-state index is 0.366. The summed E-state index contributed by atoms with van der Waals surface area (Å²) in [6, 6.07) is 20.8. The van der Waals surface area contributed by atoms with Crippen LogP contribution >= 0.6 is 0 Å². The zero-order chi connectivity index (χ0) is 23.0. The number of imidazole rings is 1. The zero-order valence-electron chi connectivity index (χ0n) is 19.6. The SMILES string of the molecule is Cc1cc(-c2nc3c(nc4ccccn43)c3ccccc23)ccc1B1OC(C)(C)C(C)(C)O1. The summed E-state index contributed by atoms with van der Waals surface area (Å²) in [5, 5.41) is 2.20. The summed E-state index contributed by atoms with van der Waals surface area (Å²) < 4.78 is 14.6. The molecule has 0 saturated carbocycles. The Hall–Kier alpha value is -3.22. The molecule has 0 atom stereocenters. The predicted molar refractivity (Wildman–Crippen MR) is 134 cm³/mol. The Morgan fingerprint density at radius 1 is 0.818 bits per heavy atom. The molecule has 0 aliphatic carbocycles. The van der Waals surface area contributed by atoms with E-state index in [0.717, 1.165) is 49.9 Å². The number of pyridine rings is 2. The molecule has 0 unspecified atom stereocenters. The number of fused-ring (bicyclic) bond motifs is 5.